The van der Waals surface area contributed by atoms with Crippen molar-refractivity contribution in [1.29, 1.82) is 0 Å². The van der Waals surface area contributed by atoms with Crippen molar-refractivity contribution in [2.75, 3.05) is 0 Å². The van der Waals surface area contributed by atoms with Gasteiger partial charge in [0.25, 0.3) is 0 Å². The third-order valence-electron chi connectivity index (χ3n) is 2.12. The van der Waals surface area contributed by atoms with Crippen LogP contribution in [0.1, 0.15) is 27.2 Å². The molecule has 0 heterocycles. The molecule has 0 aliphatic heterocycles. The Balaban J connectivity index is 4.42. The lowest BCUT2D eigenvalue weighted by Gasteiger charge is -2.27. The highest BCUT2D eigenvalue weighted by Crippen LogP contribution is 2.40. The smallest absolute Gasteiger partial charge is 0.394 e. The molecule has 0 spiro atoms. The number of halogens is 3. The van der Waals surface area contributed by atoms with Gasteiger partial charge in [-0.2, -0.15) is 13.2 Å². The van der Waals surface area contributed by atoms with Crippen molar-refractivity contribution in [3.63, 3.8) is 0 Å². The Morgan fingerprint density at radius 3 is 2.06 bits per heavy atom. The van der Waals surface area contributed by atoms with E-state index in [9.17, 15) is 22.8 Å². The molecule has 0 aliphatic carbocycles. The van der Waals surface area contributed by atoms with Gasteiger partial charge in [-0.05, 0) is 6.92 Å². The minimum Gasteiger partial charge on any atom is -0.480 e. The Hall–Kier alpha value is -1.27. The third-order valence-corrected chi connectivity index (χ3v) is 2.12. The van der Waals surface area contributed by atoms with Crippen molar-refractivity contribution in [3.8, 4) is 0 Å². The molecule has 4 nitrogen and oxygen atoms in total. The zero-order valence-corrected chi connectivity index (χ0v) is 9.18. The first kappa shape index (κ1) is 14.7. The molecule has 16 heavy (non-hydrogen) atoms. The van der Waals surface area contributed by atoms with Gasteiger partial charge < -0.3 is 10.4 Å². The van der Waals surface area contributed by atoms with E-state index in [1.54, 1.807) is 0 Å². The number of rotatable bonds is 4. The number of hydrogen-bond acceptors (Lipinski definition) is 2. The van der Waals surface area contributed by atoms with Crippen LogP contribution in [0.15, 0.2) is 0 Å². The first-order chi connectivity index (χ1) is 6.97. The van der Waals surface area contributed by atoms with Gasteiger partial charge in [-0.25, -0.2) is 0 Å². The number of alkyl halides is 3. The van der Waals surface area contributed by atoms with E-state index in [2.05, 4.69) is 0 Å². The molecule has 0 radical (unpaired) electrons. The molecular weight excluding hydrogens is 227 g/mol. The number of carboxylic acid groups (broad SMARTS) is 1. The fraction of sp³-hybridized carbons (Fsp3) is 0.778. The molecule has 0 aliphatic rings. The van der Waals surface area contributed by atoms with Crippen molar-refractivity contribution in [2.24, 2.45) is 5.41 Å². The molecule has 94 valence electrons. The second-order valence-corrected chi connectivity index (χ2v) is 4.19. The summed E-state index contributed by atoms with van der Waals surface area (Å²) >= 11 is 0. The average Bonchev–Trinajstić information content (AvgIpc) is 1.99. The normalized spacial score (nSPS) is 14.4. The summed E-state index contributed by atoms with van der Waals surface area (Å²) in [5.74, 6) is -2.23. The summed E-state index contributed by atoms with van der Waals surface area (Å²) in [5.41, 5.74) is -2.17. The molecule has 0 rings (SSSR count). The lowest BCUT2D eigenvalue weighted by atomic mass is 9.88. The van der Waals surface area contributed by atoms with E-state index in [1.807, 2.05) is 5.32 Å². The summed E-state index contributed by atoms with van der Waals surface area (Å²) in [5, 5.41) is 10.4. The van der Waals surface area contributed by atoms with Crippen LogP contribution in [0, 0.1) is 5.41 Å². The van der Waals surface area contributed by atoms with Crippen molar-refractivity contribution >= 4 is 11.9 Å². The quantitative estimate of drug-likeness (QED) is 0.784. The van der Waals surface area contributed by atoms with Crippen LogP contribution in [0.2, 0.25) is 0 Å². The summed E-state index contributed by atoms with van der Waals surface area (Å²) < 4.78 is 37.2. The highest BCUT2D eigenvalue weighted by atomic mass is 19.4. The van der Waals surface area contributed by atoms with Gasteiger partial charge in [0, 0.05) is 6.42 Å². The molecule has 1 amide bonds. The SMILES string of the molecule is CC(NC(=O)CC(C)(C)C(F)(F)F)C(=O)O. The van der Waals surface area contributed by atoms with Gasteiger partial charge in [0.1, 0.15) is 6.04 Å². The van der Waals surface area contributed by atoms with Crippen LogP contribution in [0.5, 0.6) is 0 Å². The van der Waals surface area contributed by atoms with Crippen molar-refractivity contribution in [1.82, 2.24) is 5.32 Å². The Morgan fingerprint density at radius 2 is 1.75 bits per heavy atom. The predicted octanol–water partition coefficient (Wildman–Crippen LogP) is 1.55. The van der Waals surface area contributed by atoms with E-state index >= 15 is 0 Å². The third kappa shape index (κ3) is 4.08. The van der Waals surface area contributed by atoms with Crippen molar-refractivity contribution in [2.45, 2.75) is 39.4 Å². The van der Waals surface area contributed by atoms with Crippen LogP contribution in [-0.2, 0) is 9.59 Å². The van der Waals surface area contributed by atoms with Crippen LogP contribution in [-0.4, -0.2) is 29.2 Å². The highest BCUT2D eigenvalue weighted by Gasteiger charge is 2.48. The lowest BCUT2D eigenvalue weighted by molar-refractivity contribution is -0.213. The molecule has 2 N–H and O–H groups in total. The molecule has 0 saturated carbocycles. The molecule has 0 saturated heterocycles. The molecular formula is C9H14F3NO3. The van der Waals surface area contributed by atoms with Gasteiger partial charge in [0.2, 0.25) is 5.91 Å². The number of aliphatic carboxylic acids is 1. The monoisotopic (exact) mass is 241 g/mol. The molecule has 0 aromatic heterocycles. The Labute approximate surface area is 90.8 Å². The summed E-state index contributed by atoms with van der Waals surface area (Å²) in [7, 11) is 0. The topological polar surface area (TPSA) is 66.4 Å². The van der Waals surface area contributed by atoms with E-state index in [1.165, 1.54) is 6.92 Å². The van der Waals surface area contributed by atoms with E-state index < -0.39 is 35.9 Å². The first-order valence-corrected chi connectivity index (χ1v) is 4.56. The summed E-state index contributed by atoms with van der Waals surface area (Å²) in [6.45, 7) is 2.96. The van der Waals surface area contributed by atoms with Gasteiger partial charge in [-0.1, -0.05) is 13.8 Å². The zero-order valence-electron chi connectivity index (χ0n) is 9.18. The average molecular weight is 241 g/mol. The van der Waals surface area contributed by atoms with Gasteiger partial charge >= 0.3 is 12.1 Å². The number of hydrogen-bond donors (Lipinski definition) is 2. The maximum atomic E-state index is 12.4. The number of carboxylic acids is 1. The van der Waals surface area contributed by atoms with Crippen LogP contribution in [0.25, 0.3) is 0 Å². The van der Waals surface area contributed by atoms with Gasteiger partial charge in [-0.15, -0.1) is 0 Å². The maximum Gasteiger partial charge on any atom is 0.394 e. The van der Waals surface area contributed by atoms with E-state index in [0.717, 1.165) is 13.8 Å². The van der Waals surface area contributed by atoms with E-state index in [4.69, 9.17) is 5.11 Å². The van der Waals surface area contributed by atoms with Gasteiger partial charge in [0.15, 0.2) is 0 Å². The van der Waals surface area contributed by atoms with Crippen molar-refractivity contribution in [3.05, 3.63) is 0 Å². The molecule has 1 atom stereocenters. The second-order valence-electron chi connectivity index (χ2n) is 4.19. The largest absolute Gasteiger partial charge is 0.480 e. The fourth-order valence-electron chi connectivity index (χ4n) is 0.856. The zero-order chi connectivity index (χ0) is 13.1. The standard InChI is InChI=1S/C9H14F3NO3/c1-5(7(15)16)13-6(14)4-8(2,3)9(10,11)12/h5H,4H2,1-3H3,(H,13,14)(H,15,16). The number of carbonyl (C=O) groups is 2. The molecule has 1 unspecified atom stereocenters. The van der Waals surface area contributed by atoms with Gasteiger partial charge in [0.05, 0.1) is 5.41 Å². The lowest BCUT2D eigenvalue weighted by Crippen LogP contribution is -2.43. The molecule has 0 aromatic rings. The van der Waals surface area contributed by atoms with Crippen LogP contribution >= 0.6 is 0 Å². The Morgan fingerprint density at radius 1 is 1.31 bits per heavy atom. The second kappa shape index (κ2) is 4.71. The molecule has 7 heteroatoms. The van der Waals surface area contributed by atoms with Crippen LogP contribution < -0.4 is 5.32 Å². The van der Waals surface area contributed by atoms with E-state index in [0.29, 0.717) is 0 Å². The van der Waals surface area contributed by atoms with E-state index in [-0.39, 0.29) is 0 Å². The van der Waals surface area contributed by atoms with Crippen LogP contribution in [0.3, 0.4) is 0 Å². The summed E-state index contributed by atoms with van der Waals surface area (Å²) in [4.78, 5) is 21.5. The number of carbonyl (C=O) groups excluding carboxylic acids is 1. The summed E-state index contributed by atoms with van der Waals surface area (Å²) in [6, 6.07) is -1.20. The first-order valence-electron chi connectivity index (χ1n) is 4.56. The Bertz CT molecular complexity index is 286. The molecule has 0 aromatic carbocycles. The molecule has 0 bridgehead atoms. The molecule has 0 fully saturated rings. The fourth-order valence-corrected chi connectivity index (χ4v) is 0.856. The van der Waals surface area contributed by atoms with Gasteiger partial charge in [-0.3, -0.25) is 9.59 Å². The number of nitrogens with one attached hydrogen (secondary N) is 1. The highest BCUT2D eigenvalue weighted by molar-refractivity contribution is 5.83. The maximum absolute atomic E-state index is 12.4. The Kier molecular flexibility index (Phi) is 4.34. The minimum atomic E-state index is -4.50. The number of amides is 1. The minimum absolute atomic E-state index is 0.798. The summed E-state index contributed by atoms with van der Waals surface area (Å²) in [6.07, 6.45) is -5.30. The van der Waals surface area contributed by atoms with Crippen LogP contribution in [0.4, 0.5) is 13.2 Å². The van der Waals surface area contributed by atoms with Crippen molar-refractivity contribution < 1.29 is 27.9 Å². The predicted molar refractivity (Wildman–Crippen MR) is 49.7 cm³/mol.